The number of benzene rings is 1. The first-order valence-corrected chi connectivity index (χ1v) is 7.66. The monoisotopic (exact) mass is 292 g/mol. The molecule has 21 heavy (non-hydrogen) atoms. The van der Waals surface area contributed by atoms with Crippen LogP contribution in [0.1, 0.15) is 26.7 Å². The van der Waals surface area contributed by atoms with E-state index in [9.17, 15) is 4.79 Å². The SMILES string of the molecule is CCOc1ccc(NCC(=O)N2CCCC2)cc1OCC. The molecule has 1 heterocycles. The third-order valence-electron chi connectivity index (χ3n) is 3.45. The molecule has 0 aliphatic carbocycles. The van der Waals surface area contributed by atoms with E-state index in [0.717, 1.165) is 37.4 Å². The summed E-state index contributed by atoms with van der Waals surface area (Å²) in [5.74, 6) is 1.59. The zero-order chi connectivity index (χ0) is 15.1. The summed E-state index contributed by atoms with van der Waals surface area (Å²) in [6.45, 7) is 7.14. The van der Waals surface area contributed by atoms with Gasteiger partial charge in [-0.05, 0) is 38.8 Å². The zero-order valence-electron chi connectivity index (χ0n) is 12.9. The number of hydrogen-bond donors (Lipinski definition) is 1. The summed E-state index contributed by atoms with van der Waals surface area (Å²) < 4.78 is 11.1. The molecule has 1 aromatic rings. The van der Waals surface area contributed by atoms with Gasteiger partial charge in [0.15, 0.2) is 11.5 Å². The van der Waals surface area contributed by atoms with E-state index in [1.807, 2.05) is 36.9 Å². The summed E-state index contributed by atoms with van der Waals surface area (Å²) in [6.07, 6.45) is 2.23. The van der Waals surface area contributed by atoms with Crippen molar-refractivity contribution in [1.29, 1.82) is 0 Å². The Morgan fingerprint density at radius 2 is 1.81 bits per heavy atom. The number of carbonyl (C=O) groups is 1. The maximum Gasteiger partial charge on any atom is 0.241 e. The number of anilines is 1. The van der Waals surface area contributed by atoms with E-state index in [1.54, 1.807) is 0 Å². The standard InChI is InChI=1S/C16H24N2O3/c1-3-20-14-8-7-13(11-15(14)21-4-2)17-12-16(19)18-9-5-6-10-18/h7-8,11,17H,3-6,9-10,12H2,1-2H3. The summed E-state index contributed by atoms with van der Waals surface area (Å²) in [7, 11) is 0. The zero-order valence-corrected chi connectivity index (χ0v) is 12.9. The van der Waals surface area contributed by atoms with Crippen LogP contribution in [0.4, 0.5) is 5.69 Å². The Balaban J connectivity index is 1.95. The Hall–Kier alpha value is -1.91. The van der Waals surface area contributed by atoms with Crippen molar-refractivity contribution in [3.8, 4) is 11.5 Å². The molecule has 0 saturated carbocycles. The summed E-state index contributed by atoms with van der Waals surface area (Å²) in [4.78, 5) is 13.9. The second-order valence-electron chi connectivity index (χ2n) is 4.97. The summed E-state index contributed by atoms with van der Waals surface area (Å²) in [6, 6.07) is 5.66. The molecule has 5 heteroatoms. The molecule has 116 valence electrons. The van der Waals surface area contributed by atoms with Gasteiger partial charge in [0, 0.05) is 24.8 Å². The van der Waals surface area contributed by atoms with Crippen LogP contribution in [-0.4, -0.2) is 43.7 Å². The van der Waals surface area contributed by atoms with Crippen molar-refractivity contribution < 1.29 is 14.3 Å². The first-order valence-electron chi connectivity index (χ1n) is 7.66. The van der Waals surface area contributed by atoms with E-state index in [0.29, 0.717) is 25.5 Å². The average molecular weight is 292 g/mol. The molecule has 0 spiro atoms. The van der Waals surface area contributed by atoms with Crippen LogP contribution in [0.25, 0.3) is 0 Å². The fourth-order valence-corrected chi connectivity index (χ4v) is 2.42. The summed E-state index contributed by atoms with van der Waals surface area (Å²) in [5, 5.41) is 3.16. The summed E-state index contributed by atoms with van der Waals surface area (Å²) in [5.41, 5.74) is 0.870. The van der Waals surface area contributed by atoms with Crippen molar-refractivity contribution in [3.05, 3.63) is 18.2 Å². The van der Waals surface area contributed by atoms with E-state index < -0.39 is 0 Å². The quantitative estimate of drug-likeness (QED) is 0.839. The normalized spacial score (nSPS) is 14.1. The van der Waals surface area contributed by atoms with Crippen molar-refractivity contribution in [2.24, 2.45) is 0 Å². The van der Waals surface area contributed by atoms with Gasteiger partial charge in [-0.3, -0.25) is 4.79 Å². The van der Waals surface area contributed by atoms with Crippen LogP contribution in [-0.2, 0) is 4.79 Å². The van der Waals surface area contributed by atoms with Gasteiger partial charge in [0.05, 0.1) is 19.8 Å². The highest BCUT2D eigenvalue weighted by molar-refractivity contribution is 5.81. The molecule has 1 aliphatic rings. The molecule has 1 aromatic carbocycles. The fourth-order valence-electron chi connectivity index (χ4n) is 2.42. The Labute approximate surface area is 126 Å². The molecule has 0 aromatic heterocycles. The maximum atomic E-state index is 12.0. The topological polar surface area (TPSA) is 50.8 Å². The lowest BCUT2D eigenvalue weighted by Gasteiger charge is -2.17. The first kappa shape index (κ1) is 15.5. The Kier molecular flexibility index (Phi) is 5.72. The summed E-state index contributed by atoms with van der Waals surface area (Å²) >= 11 is 0. The van der Waals surface area contributed by atoms with Gasteiger partial charge in [0.2, 0.25) is 5.91 Å². The van der Waals surface area contributed by atoms with Crippen LogP contribution in [0.5, 0.6) is 11.5 Å². The maximum absolute atomic E-state index is 12.0. The van der Waals surface area contributed by atoms with E-state index >= 15 is 0 Å². The molecule has 1 saturated heterocycles. The fraction of sp³-hybridized carbons (Fsp3) is 0.562. The molecule has 0 atom stereocenters. The van der Waals surface area contributed by atoms with Gasteiger partial charge in [-0.25, -0.2) is 0 Å². The number of hydrogen-bond acceptors (Lipinski definition) is 4. The van der Waals surface area contributed by atoms with Crippen LogP contribution in [0.2, 0.25) is 0 Å². The third-order valence-corrected chi connectivity index (χ3v) is 3.45. The Morgan fingerprint density at radius 3 is 2.48 bits per heavy atom. The lowest BCUT2D eigenvalue weighted by atomic mass is 10.2. The second-order valence-corrected chi connectivity index (χ2v) is 4.97. The molecular weight excluding hydrogens is 268 g/mol. The second kappa shape index (κ2) is 7.76. The number of nitrogens with one attached hydrogen (secondary N) is 1. The number of ether oxygens (including phenoxy) is 2. The van der Waals surface area contributed by atoms with Crippen LogP contribution < -0.4 is 14.8 Å². The molecule has 5 nitrogen and oxygen atoms in total. The largest absolute Gasteiger partial charge is 0.490 e. The minimum Gasteiger partial charge on any atom is -0.490 e. The highest BCUT2D eigenvalue weighted by Gasteiger charge is 2.17. The lowest BCUT2D eigenvalue weighted by molar-refractivity contribution is -0.128. The Bertz CT molecular complexity index is 471. The predicted molar refractivity (Wildman–Crippen MR) is 83.1 cm³/mol. The highest BCUT2D eigenvalue weighted by Crippen LogP contribution is 2.30. The van der Waals surface area contributed by atoms with Gasteiger partial charge < -0.3 is 19.7 Å². The minimum atomic E-state index is 0.152. The first-order chi connectivity index (χ1) is 10.2. The highest BCUT2D eigenvalue weighted by atomic mass is 16.5. The molecule has 0 bridgehead atoms. The number of amides is 1. The molecule has 1 amide bonds. The molecule has 1 fully saturated rings. The number of carbonyl (C=O) groups excluding carboxylic acids is 1. The van der Waals surface area contributed by atoms with Crippen molar-refractivity contribution >= 4 is 11.6 Å². The Morgan fingerprint density at radius 1 is 1.14 bits per heavy atom. The van der Waals surface area contributed by atoms with E-state index in [4.69, 9.17) is 9.47 Å². The van der Waals surface area contributed by atoms with Gasteiger partial charge in [-0.1, -0.05) is 0 Å². The van der Waals surface area contributed by atoms with Crippen molar-refractivity contribution in [3.63, 3.8) is 0 Å². The van der Waals surface area contributed by atoms with Crippen LogP contribution in [0.3, 0.4) is 0 Å². The van der Waals surface area contributed by atoms with Crippen LogP contribution in [0, 0.1) is 0 Å². The molecule has 1 N–H and O–H groups in total. The molecule has 0 unspecified atom stereocenters. The van der Waals surface area contributed by atoms with E-state index in [1.165, 1.54) is 0 Å². The smallest absolute Gasteiger partial charge is 0.241 e. The minimum absolute atomic E-state index is 0.152. The van der Waals surface area contributed by atoms with Gasteiger partial charge in [-0.2, -0.15) is 0 Å². The lowest BCUT2D eigenvalue weighted by Crippen LogP contribution is -2.32. The van der Waals surface area contributed by atoms with Crippen molar-refractivity contribution in [2.75, 3.05) is 38.2 Å². The number of likely N-dealkylation sites (tertiary alicyclic amines) is 1. The molecule has 1 aliphatic heterocycles. The van der Waals surface area contributed by atoms with Gasteiger partial charge in [0.25, 0.3) is 0 Å². The van der Waals surface area contributed by atoms with E-state index in [-0.39, 0.29) is 5.91 Å². The van der Waals surface area contributed by atoms with Gasteiger partial charge in [0.1, 0.15) is 0 Å². The van der Waals surface area contributed by atoms with E-state index in [2.05, 4.69) is 5.32 Å². The molecule has 2 rings (SSSR count). The van der Waals surface area contributed by atoms with Crippen LogP contribution >= 0.6 is 0 Å². The van der Waals surface area contributed by atoms with Crippen LogP contribution in [0.15, 0.2) is 18.2 Å². The third kappa shape index (κ3) is 4.28. The molecular formula is C16H24N2O3. The van der Waals surface area contributed by atoms with Gasteiger partial charge >= 0.3 is 0 Å². The number of nitrogens with zero attached hydrogens (tertiary/aromatic N) is 1. The predicted octanol–water partition coefficient (Wildman–Crippen LogP) is 2.52. The average Bonchev–Trinajstić information content (AvgIpc) is 3.02. The number of rotatable bonds is 7. The van der Waals surface area contributed by atoms with Gasteiger partial charge in [-0.15, -0.1) is 0 Å². The van der Waals surface area contributed by atoms with Crippen molar-refractivity contribution in [2.45, 2.75) is 26.7 Å². The molecule has 0 radical (unpaired) electrons. The van der Waals surface area contributed by atoms with Crippen molar-refractivity contribution in [1.82, 2.24) is 4.90 Å².